The van der Waals surface area contributed by atoms with Crippen molar-refractivity contribution < 1.29 is 5.11 Å². The van der Waals surface area contributed by atoms with Crippen molar-refractivity contribution in [2.45, 2.75) is 26.0 Å². The molecule has 0 aliphatic carbocycles. The van der Waals surface area contributed by atoms with Crippen LogP contribution in [0.4, 0.5) is 0 Å². The maximum absolute atomic E-state index is 10.6. The molecule has 2 aromatic rings. The van der Waals surface area contributed by atoms with Crippen LogP contribution >= 0.6 is 0 Å². The third kappa shape index (κ3) is 5.10. The van der Waals surface area contributed by atoms with Gasteiger partial charge in [-0.2, -0.15) is 10.2 Å². The molecular formula is C15H25N7O. The van der Waals surface area contributed by atoms with Crippen LogP contribution in [0.15, 0.2) is 35.8 Å². The van der Waals surface area contributed by atoms with E-state index in [4.69, 9.17) is 0 Å². The summed E-state index contributed by atoms with van der Waals surface area (Å²) in [5, 5.41) is 25.2. The van der Waals surface area contributed by atoms with E-state index in [2.05, 4.69) is 25.8 Å². The van der Waals surface area contributed by atoms with Gasteiger partial charge in [-0.1, -0.05) is 0 Å². The fourth-order valence-electron chi connectivity index (χ4n) is 2.09. The Morgan fingerprint density at radius 2 is 2.22 bits per heavy atom. The maximum Gasteiger partial charge on any atom is 0.191 e. The van der Waals surface area contributed by atoms with Crippen molar-refractivity contribution in [3.05, 3.63) is 36.4 Å². The molecule has 2 rings (SSSR count). The first-order valence-corrected chi connectivity index (χ1v) is 7.72. The van der Waals surface area contributed by atoms with Gasteiger partial charge in [-0.15, -0.1) is 0 Å². The average molecular weight is 319 g/mol. The van der Waals surface area contributed by atoms with E-state index in [1.165, 1.54) is 0 Å². The molecule has 0 fully saturated rings. The molecule has 0 aromatic carbocycles. The molecule has 8 heteroatoms. The van der Waals surface area contributed by atoms with Crippen LogP contribution < -0.4 is 10.6 Å². The summed E-state index contributed by atoms with van der Waals surface area (Å²) in [5.41, 5.74) is -0.311. The van der Waals surface area contributed by atoms with Gasteiger partial charge in [0.15, 0.2) is 5.96 Å². The summed E-state index contributed by atoms with van der Waals surface area (Å²) in [6.07, 6.45) is 7.13. The second kappa shape index (κ2) is 7.77. The molecular weight excluding hydrogens is 294 g/mol. The van der Waals surface area contributed by atoms with E-state index in [1.54, 1.807) is 30.2 Å². The Morgan fingerprint density at radius 1 is 1.39 bits per heavy atom. The first kappa shape index (κ1) is 17.0. The Hall–Kier alpha value is -2.35. The molecule has 1 atom stereocenters. The number of aromatic nitrogens is 4. The highest BCUT2D eigenvalue weighted by atomic mass is 16.3. The van der Waals surface area contributed by atoms with Crippen molar-refractivity contribution in [1.29, 1.82) is 0 Å². The topological polar surface area (TPSA) is 92.3 Å². The lowest BCUT2D eigenvalue weighted by atomic mass is 10.0. The van der Waals surface area contributed by atoms with Gasteiger partial charge in [0.1, 0.15) is 5.60 Å². The second-order valence-corrected chi connectivity index (χ2v) is 5.57. The van der Waals surface area contributed by atoms with Gasteiger partial charge in [0, 0.05) is 44.3 Å². The highest BCUT2D eigenvalue weighted by molar-refractivity contribution is 5.79. The minimum atomic E-state index is -1.06. The van der Waals surface area contributed by atoms with Gasteiger partial charge in [-0.3, -0.25) is 9.36 Å². The molecule has 0 saturated carbocycles. The predicted octanol–water partition coefficient (Wildman–Crippen LogP) is 0.0794. The van der Waals surface area contributed by atoms with Crippen LogP contribution in [-0.4, -0.2) is 50.3 Å². The Labute approximate surface area is 136 Å². The molecule has 0 aliphatic rings. The van der Waals surface area contributed by atoms with Crippen LogP contribution in [0.2, 0.25) is 0 Å². The predicted molar refractivity (Wildman–Crippen MR) is 89.0 cm³/mol. The van der Waals surface area contributed by atoms with Crippen LogP contribution in [0.5, 0.6) is 0 Å². The monoisotopic (exact) mass is 319 g/mol. The van der Waals surface area contributed by atoms with Crippen LogP contribution in [0.1, 0.15) is 19.4 Å². The number of hydrogen-bond donors (Lipinski definition) is 3. The molecule has 2 heterocycles. The summed E-state index contributed by atoms with van der Waals surface area (Å²) in [6, 6.07) is 1.89. The minimum absolute atomic E-state index is 0.246. The lowest BCUT2D eigenvalue weighted by molar-refractivity contribution is 0.0672. The lowest BCUT2D eigenvalue weighted by Gasteiger charge is -2.20. The quantitative estimate of drug-likeness (QED) is 0.496. The van der Waals surface area contributed by atoms with Crippen molar-refractivity contribution in [2.75, 3.05) is 19.6 Å². The number of aliphatic hydroxyl groups is 1. The zero-order chi connectivity index (χ0) is 16.7. The highest BCUT2D eigenvalue weighted by Gasteiger charge is 2.24. The fourth-order valence-corrected chi connectivity index (χ4v) is 2.09. The third-order valence-corrected chi connectivity index (χ3v) is 3.41. The number of aliphatic imine (C=N–C) groups is 1. The first-order valence-electron chi connectivity index (χ1n) is 7.72. The number of aryl methyl sites for hydroxylation is 1. The van der Waals surface area contributed by atoms with Crippen molar-refractivity contribution >= 4 is 5.96 Å². The summed E-state index contributed by atoms with van der Waals surface area (Å²) in [7, 11) is 1.82. The molecule has 23 heavy (non-hydrogen) atoms. The Bertz CT molecular complexity index is 616. The van der Waals surface area contributed by atoms with E-state index < -0.39 is 5.60 Å². The molecule has 0 amide bonds. The van der Waals surface area contributed by atoms with Gasteiger partial charge >= 0.3 is 0 Å². The van der Waals surface area contributed by atoms with Crippen LogP contribution in [-0.2, 0) is 19.2 Å². The van der Waals surface area contributed by atoms with Crippen LogP contribution in [0, 0.1) is 0 Å². The number of rotatable bonds is 7. The summed E-state index contributed by atoms with van der Waals surface area (Å²) in [4.78, 5) is 4.47. The number of nitrogens with zero attached hydrogens (tertiary/aromatic N) is 5. The second-order valence-electron chi connectivity index (χ2n) is 5.57. The Balaban J connectivity index is 1.91. The zero-order valence-electron chi connectivity index (χ0n) is 13.9. The van der Waals surface area contributed by atoms with Gasteiger partial charge in [-0.25, -0.2) is 4.99 Å². The summed E-state index contributed by atoms with van der Waals surface area (Å²) < 4.78 is 3.52. The fraction of sp³-hybridized carbons (Fsp3) is 0.533. The van der Waals surface area contributed by atoms with Gasteiger partial charge in [0.2, 0.25) is 0 Å². The largest absolute Gasteiger partial charge is 0.383 e. The van der Waals surface area contributed by atoms with Crippen molar-refractivity contribution in [3.8, 4) is 0 Å². The van der Waals surface area contributed by atoms with Crippen molar-refractivity contribution in [2.24, 2.45) is 12.0 Å². The zero-order valence-corrected chi connectivity index (χ0v) is 13.9. The van der Waals surface area contributed by atoms with Crippen molar-refractivity contribution in [3.63, 3.8) is 0 Å². The molecule has 0 bridgehead atoms. The van der Waals surface area contributed by atoms with E-state index in [-0.39, 0.29) is 6.54 Å². The van der Waals surface area contributed by atoms with Crippen molar-refractivity contribution in [1.82, 2.24) is 30.2 Å². The maximum atomic E-state index is 10.6. The Kier molecular flexibility index (Phi) is 5.75. The number of hydrogen-bond acceptors (Lipinski definition) is 4. The van der Waals surface area contributed by atoms with Gasteiger partial charge in [0.05, 0.1) is 19.3 Å². The molecule has 0 radical (unpaired) electrons. The number of guanidine groups is 1. The summed E-state index contributed by atoms with van der Waals surface area (Å²) >= 11 is 0. The minimum Gasteiger partial charge on any atom is -0.383 e. The molecule has 0 spiro atoms. The van der Waals surface area contributed by atoms with Crippen LogP contribution in [0.3, 0.4) is 0 Å². The van der Waals surface area contributed by atoms with Gasteiger partial charge in [-0.05, 0) is 19.9 Å². The molecule has 0 saturated heterocycles. The van der Waals surface area contributed by atoms with E-state index in [0.29, 0.717) is 12.5 Å². The lowest BCUT2D eigenvalue weighted by Crippen LogP contribution is -2.40. The standard InChI is InChI=1S/C15H25N7O/c1-4-16-14(17-7-9-22-8-5-6-19-22)18-12-15(2,23)13-10-20-21(3)11-13/h5-6,8,10-11,23H,4,7,9,12H2,1-3H3,(H2,16,17,18). The first-order chi connectivity index (χ1) is 11.0. The van der Waals surface area contributed by atoms with E-state index in [9.17, 15) is 5.11 Å². The smallest absolute Gasteiger partial charge is 0.191 e. The van der Waals surface area contributed by atoms with E-state index in [1.807, 2.05) is 30.9 Å². The van der Waals surface area contributed by atoms with Crippen LogP contribution in [0.25, 0.3) is 0 Å². The highest BCUT2D eigenvalue weighted by Crippen LogP contribution is 2.19. The molecule has 2 aromatic heterocycles. The molecule has 126 valence electrons. The molecule has 8 nitrogen and oxygen atoms in total. The molecule has 1 unspecified atom stereocenters. The van der Waals surface area contributed by atoms with Gasteiger partial charge < -0.3 is 15.7 Å². The SMILES string of the molecule is CCNC(=NCC(C)(O)c1cnn(C)c1)NCCn1cccn1. The third-order valence-electron chi connectivity index (χ3n) is 3.41. The summed E-state index contributed by atoms with van der Waals surface area (Å²) in [5.74, 6) is 0.670. The van der Waals surface area contributed by atoms with E-state index in [0.717, 1.165) is 18.7 Å². The molecule has 3 N–H and O–H groups in total. The van der Waals surface area contributed by atoms with E-state index >= 15 is 0 Å². The van der Waals surface area contributed by atoms with Gasteiger partial charge in [0.25, 0.3) is 0 Å². The average Bonchev–Trinajstić information content (AvgIpc) is 3.16. The normalized spacial score (nSPS) is 14.5. The number of nitrogens with one attached hydrogen (secondary N) is 2. The molecule has 0 aliphatic heterocycles. The summed E-state index contributed by atoms with van der Waals surface area (Å²) in [6.45, 7) is 6.18. The Morgan fingerprint density at radius 3 is 2.83 bits per heavy atom.